The number of aromatic nitrogens is 8. The van der Waals surface area contributed by atoms with Crippen LogP contribution in [0.4, 0.5) is 51.7 Å². The molecule has 612 valence electrons. The van der Waals surface area contributed by atoms with E-state index in [1.165, 1.54) is 99.6 Å². The van der Waals surface area contributed by atoms with Gasteiger partial charge in [-0.25, -0.2) is 9.97 Å². The van der Waals surface area contributed by atoms with Gasteiger partial charge in [-0.3, -0.25) is 23.7 Å². The predicted molar refractivity (Wildman–Crippen MR) is 471 cm³/mol. The van der Waals surface area contributed by atoms with Crippen LogP contribution >= 0.6 is 57.7 Å². The number of hydrogen-bond acceptors (Lipinski definition) is 23. The molecular formula is C81H113Br2ClN18O8P2S. The van der Waals surface area contributed by atoms with Crippen LogP contribution in [0.2, 0.25) is 5.28 Å². The van der Waals surface area contributed by atoms with Crippen molar-refractivity contribution in [2.45, 2.75) is 96.0 Å². The zero-order valence-corrected chi connectivity index (χ0v) is 74.2. The van der Waals surface area contributed by atoms with Gasteiger partial charge in [-0.15, -0.1) is 0 Å². The van der Waals surface area contributed by atoms with Crippen molar-refractivity contribution in [3.63, 3.8) is 0 Å². The van der Waals surface area contributed by atoms with Crippen molar-refractivity contribution in [3.8, 4) is 33.8 Å². The minimum absolute atomic E-state index is 0.0666. The highest BCUT2D eigenvalue weighted by atomic mass is 79.9. The number of rotatable bonds is 21. The summed E-state index contributed by atoms with van der Waals surface area (Å²) in [6.07, 6.45) is 19.5. The minimum atomic E-state index is -4.02. The fraction of sp³-hybridized carbons (Fsp3) is 0.457. The molecular weight excluding hydrogens is 1640 g/mol. The first kappa shape index (κ1) is 89.4. The van der Waals surface area contributed by atoms with Gasteiger partial charge in [-0.1, -0.05) is 57.0 Å². The van der Waals surface area contributed by atoms with Crippen molar-refractivity contribution < 1.29 is 36.7 Å². The number of halogens is 3. The van der Waals surface area contributed by atoms with E-state index in [0.29, 0.717) is 39.2 Å². The maximum absolute atomic E-state index is 13.4. The molecule has 4 fully saturated rings. The van der Waals surface area contributed by atoms with Crippen LogP contribution < -0.4 is 51.6 Å². The maximum atomic E-state index is 13.4. The smallest absolute Gasteiger partial charge is 0.294 e. The number of anilines is 9. The van der Waals surface area contributed by atoms with Gasteiger partial charge >= 0.3 is 0 Å². The Labute approximate surface area is 689 Å². The van der Waals surface area contributed by atoms with Crippen LogP contribution in [0, 0.1) is 6.92 Å². The number of nitrogens with one attached hydrogen (secondary N) is 3. The van der Waals surface area contributed by atoms with Crippen LogP contribution in [0.1, 0.15) is 76.0 Å². The first-order valence-corrected chi connectivity index (χ1v) is 47.0. The number of methoxy groups -OCH3 is 2. The first-order chi connectivity index (χ1) is 53.8. The number of ether oxygens (including phenoxy) is 2. The van der Waals surface area contributed by atoms with Crippen molar-refractivity contribution >= 4 is 130 Å². The van der Waals surface area contributed by atoms with Gasteiger partial charge in [0.2, 0.25) is 11.2 Å². The predicted octanol–water partition coefficient (Wildman–Crippen LogP) is 14.5. The lowest BCUT2D eigenvalue weighted by molar-refractivity contribution is 0.0982. The fourth-order valence-corrected chi connectivity index (χ4v) is 17.5. The highest BCUT2D eigenvalue weighted by Gasteiger charge is 2.31. The molecule has 7 N–H and O–H groups in total. The van der Waals surface area contributed by atoms with Crippen LogP contribution in [-0.2, 0) is 46.2 Å². The number of nitrogens with zero attached hydrogens (tertiary/aromatic N) is 14. The number of piperazine rings is 2. The molecule has 0 saturated carbocycles. The molecule has 4 saturated heterocycles. The van der Waals surface area contributed by atoms with Gasteiger partial charge in [0, 0.05) is 181 Å². The zero-order valence-electron chi connectivity index (χ0n) is 67.7. The van der Waals surface area contributed by atoms with E-state index < -0.39 is 24.4 Å². The highest BCUT2D eigenvalue weighted by molar-refractivity contribution is 9.11. The fourth-order valence-electron chi connectivity index (χ4n) is 14.0. The number of aryl methyl sites for hydroxylation is 5. The first-order valence-electron chi connectivity index (χ1n) is 38.4. The zero-order chi connectivity index (χ0) is 81.9. The van der Waals surface area contributed by atoms with Crippen molar-refractivity contribution in [1.29, 1.82) is 0 Å². The van der Waals surface area contributed by atoms with Gasteiger partial charge in [0.1, 0.15) is 37.4 Å². The molecule has 13 rings (SSSR count). The van der Waals surface area contributed by atoms with Crippen molar-refractivity contribution in [1.82, 2.24) is 59.1 Å². The molecule has 32 heteroatoms. The Balaban J connectivity index is 0.000000189. The maximum Gasteiger partial charge on any atom is 0.294 e. The molecule has 0 atom stereocenters. The third-order valence-electron chi connectivity index (χ3n) is 20.6. The Morgan fingerprint density at radius 1 is 0.566 bits per heavy atom. The average molecular weight is 1760 g/mol. The van der Waals surface area contributed by atoms with Crippen LogP contribution in [0.15, 0.2) is 136 Å². The number of likely N-dealkylation sites (N-methyl/N-ethyl adjacent to an activating group) is 2. The largest absolute Gasteiger partial charge is 0.495 e. The number of aliphatic hydroxyl groups is 1. The molecule has 0 aliphatic carbocycles. The van der Waals surface area contributed by atoms with Gasteiger partial charge in [0.25, 0.3) is 10.1 Å². The Morgan fingerprint density at radius 2 is 1.01 bits per heavy atom. The number of aliphatic hydroxyl groups excluding tert-OH is 1. The molecule has 8 heterocycles. The molecule has 4 aliphatic heterocycles. The van der Waals surface area contributed by atoms with E-state index in [1.807, 2.05) is 76.0 Å². The Morgan fingerprint density at radius 3 is 1.41 bits per heavy atom. The molecule has 9 aromatic rings. The number of nitrogen functional groups attached to an aromatic ring is 1. The lowest BCUT2D eigenvalue weighted by Crippen LogP contribution is -2.52. The van der Waals surface area contributed by atoms with E-state index in [0.717, 1.165) is 144 Å². The van der Waals surface area contributed by atoms with Crippen molar-refractivity contribution in [2.24, 2.45) is 14.1 Å². The monoisotopic (exact) mass is 1750 g/mol. The average Bonchev–Trinajstić information content (AvgIpc) is 1.78. The Kier molecular flexibility index (Phi) is 32.7. The molecule has 4 aliphatic rings. The molecule has 0 bridgehead atoms. The summed E-state index contributed by atoms with van der Waals surface area (Å²) >= 11 is 12.9. The second-order valence-corrected chi connectivity index (χ2v) is 39.5. The minimum Gasteiger partial charge on any atom is -0.495 e. The van der Waals surface area contributed by atoms with Crippen LogP contribution in [0.5, 0.6) is 11.5 Å². The van der Waals surface area contributed by atoms with Gasteiger partial charge in [-0.05, 0) is 207 Å². The lowest BCUT2D eigenvalue weighted by Gasteiger charge is -2.43. The number of unbranched alkanes of at least 4 members (excludes halogenated alkanes) is 1. The molecule has 113 heavy (non-hydrogen) atoms. The summed E-state index contributed by atoms with van der Waals surface area (Å²) in [6.45, 7) is 29.5. The highest BCUT2D eigenvalue weighted by Crippen LogP contribution is 2.44. The molecule has 5 aromatic carbocycles. The lowest BCUT2D eigenvalue weighted by atomic mass is 9.99. The SMILES string of the molecule is CCCCO.CCc1cc(N)c(OC)cc1N1CCC(N2CCN(C)CC2)CC1.CCc1cc(Nc2ncc(Br)c(Nc3ccc(-c4cnn(C)c4)cc3P(C)(C)=O)n2)c(OC)cc1N1CCC(N2CCN(C)CC2)CC1.Cc1ccc(S(=O)(=O)O)cc1.Cn1cc(-c2ccc(Nc3nc(Cl)ncc3Br)c(P(C)(C)=O)c2)cn1. The van der Waals surface area contributed by atoms with Gasteiger partial charge in [0.15, 0.2) is 0 Å². The topological polar surface area (TPSA) is 296 Å². The van der Waals surface area contributed by atoms with E-state index in [2.05, 4.69) is 161 Å². The molecule has 0 radical (unpaired) electrons. The van der Waals surface area contributed by atoms with Crippen LogP contribution in [-0.4, -0.2) is 229 Å². The Bertz CT molecular complexity index is 4830. The number of hydrogen-bond donors (Lipinski definition) is 6. The summed E-state index contributed by atoms with van der Waals surface area (Å²) in [4.78, 5) is 32.7. The van der Waals surface area contributed by atoms with Crippen LogP contribution in [0.25, 0.3) is 22.3 Å². The van der Waals surface area contributed by atoms with Crippen LogP contribution in [0.3, 0.4) is 0 Å². The van der Waals surface area contributed by atoms with Crippen molar-refractivity contribution in [2.75, 3.05) is 172 Å². The van der Waals surface area contributed by atoms with Gasteiger partial charge in [0.05, 0.1) is 63.2 Å². The summed E-state index contributed by atoms with van der Waals surface area (Å²) in [5.41, 5.74) is 19.0. The second-order valence-electron chi connectivity index (χ2n) is 29.7. The quantitative estimate of drug-likeness (QED) is 0.0169. The molecule has 0 amide bonds. The second kappa shape index (κ2) is 41.4. The van der Waals surface area contributed by atoms with Crippen molar-refractivity contribution in [3.05, 3.63) is 153 Å². The normalized spacial score (nSPS) is 15.6. The van der Waals surface area contributed by atoms with Gasteiger partial charge < -0.3 is 65.0 Å². The number of nitrogens with two attached hydrogens (primary N) is 1. The molecule has 0 unspecified atom stereocenters. The van der Waals surface area contributed by atoms with Gasteiger partial charge in [-0.2, -0.15) is 28.6 Å². The number of benzene rings is 5. The third kappa shape index (κ3) is 25.3. The molecule has 4 aromatic heterocycles. The number of piperidine rings is 2. The summed E-state index contributed by atoms with van der Waals surface area (Å²) in [6, 6.07) is 27.6. The van der Waals surface area contributed by atoms with E-state index in [9.17, 15) is 17.5 Å². The molecule has 0 spiro atoms. The summed E-state index contributed by atoms with van der Waals surface area (Å²) in [5.74, 6) is 3.04. The summed E-state index contributed by atoms with van der Waals surface area (Å²) < 4.78 is 72.0. The van der Waals surface area contributed by atoms with E-state index in [-0.39, 0.29) is 10.2 Å². The standard InChI is InChI=1S/C35H47BrN9O2P.C19H32N4O.C16H16BrClN5OP.C7H8O3S.C4H10O/c1-7-24-18-30(32(47-4)20-31(24)45-12-10-27(11-13-45)44-16-14-42(2)15-17-44)40-35-37-22-28(36)34(41-35)39-29-9-8-25(19-33(29)48(5,6)46)26-21-38-43(3)23-26;1-4-15-13-17(20)19(24-3)14-18(15)23-7-5-16(6-8-23)22-11-9-21(2)10-12-22;1-23-9-11(7-20-23)10-4-5-13(14(6-10)25(2,3)24)21-15-12(17)8-19-16(18)22-15;1-6-2-4-7(5-3-6)11(8,9)10;1-2-3-4-5/h8-9,18-23,27H,7,10-17H2,1-6H3,(H2,37,39,40,41);13-14,16H,4-12,20H2,1-3H3;4-9H,1-3H3,(H,19,21,22);2-5H,1H3,(H,8,9,10);5H,2-4H2,1H3. The molecule has 26 nitrogen and oxygen atoms in total. The third-order valence-corrected chi connectivity index (χ3v) is 25.9. The summed E-state index contributed by atoms with van der Waals surface area (Å²) in [5, 5.41) is 28.2. The van der Waals surface area contributed by atoms with E-state index in [1.54, 1.807) is 81.0 Å². The van der Waals surface area contributed by atoms with E-state index in [4.69, 9.17) is 41.5 Å². The Hall–Kier alpha value is -7.50. The summed E-state index contributed by atoms with van der Waals surface area (Å²) in [7, 11) is 2.37. The van der Waals surface area contributed by atoms with E-state index >= 15 is 0 Å².